The van der Waals surface area contributed by atoms with E-state index in [1.807, 2.05) is 31.2 Å². The quantitative estimate of drug-likeness (QED) is 0.419. The van der Waals surface area contributed by atoms with E-state index >= 15 is 0 Å². The maximum Gasteiger partial charge on any atom is 0.221 e. The first-order chi connectivity index (χ1) is 16.5. The van der Waals surface area contributed by atoms with E-state index in [9.17, 15) is 15.3 Å². The van der Waals surface area contributed by atoms with E-state index in [1.165, 1.54) is 18.7 Å². The summed E-state index contributed by atoms with van der Waals surface area (Å²) in [7, 11) is 0. The molecule has 34 heavy (non-hydrogen) atoms. The normalized spacial score (nSPS) is 10.3. The Hall–Kier alpha value is -3.88. The third-order valence-electron chi connectivity index (χ3n) is 5.14. The zero-order valence-corrected chi connectivity index (χ0v) is 20.3. The van der Waals surface area contributed by atoms with E-state index in [0.717, 1.165) is 24.1 Å². The molecule has 0 spiro atoms. The maximum atomic E-state index is 11.4. The van der Waals surface area contributed by atoms with Gasteiger partial charge >= 0.3 is 0 Å². The number of nitrogens with zero attached hydrogens (tertiary/aromatic N) is 5. The van der Waals surface area contributed by atoms with Crippen LogP contribution in [0.3, 0.4) is 0 Å². The van der Waals surface area contributed by atoms with Crippen molar-refractivity contribution in [2.45, 2.75) is 38.0 Å². The predicted molar refractivity (Wildman–Crippen MR) is 135 cm³/mol. The fraction of sp³-hybridized carbons (Fsp3) is 0.269. The highest BCUT2D eigenvalue weighted by Gasteiger charge is 2.24. The molecule has 8 heteroatoms. The van der Waals surface area contributed by atoms with Crippen LogP contribution >= 0.6 is 11.8 Å². The number of hydrogen-bond donors (Lipinski definition) is 1. The van der Waals surface area contributed by atoms with Gasteiger partial charge in [-0.3, -0.25) is 9.78 Å². The molecule has 0 aliphatic rings. The van der Waals surface area contributed by atoms with E-state index in [1.54, 1.807) is 24.5 Å². The molecule has 1 aromatic carbocycles. The minimum Gasteiger partial charge on any atom is -0.356 e. The summed E-state index contributed by atoms with van der Waals surface area (Å²) < 4.78 is 0. The molecule has 2 heterocycles. The van der Waals surface area contributed by atoms with Gasteiger partial charge in [0.15, 0.2) is 0 Å². The summed E-state index contributed by atoms with van der Waals surface area (Å²) in [5.74, 6) is 1.02. The molecule has 0 unspecified atom stereocenters. The fourth-order valence-electron chi connectivity index (χ4n) is 3.63. The van der Waals surface area contributed by atoms with Crippen molar-refractivity contribution in [1.29, 1.82) is 10.5 Å². The van der Waals surface area contributed by atoms with Crippen molar-refractivity contribution in [2.75, 3.05) is 23.3 Å². The Morgan fingerprint density at radius 1 is 1.12 bits per heavy atom. The number of nitriles is 2. The van der Waals surface area contributed by atoms with Crippen LogP contribution in [0.2, 0.25) is 0 Å². The highest BCUT2D eigenvalue weighted by molar-refractivity contribution is 7.98. The smallest absolute Gasteiger partial charge is 0.221 e. The summed E-state index contributed by atoms with van der Waals surface area (Å²) in [5, 5.41) is 23.6. The van der Waals surface area contributed by atoms with E-state index in [-0.39, 0.29) is 5.91 Å². The molecule has 2 aromatic heterocycles. The Labute approximate surface area is 204 Å². The van der Waals surface area contributed by atoms with Crippen molar-refractivity contribution in [3.8, 4) is 23.3 Å². The number of benzene rings is 1. The van der Waals surface area contributed by atoms with Crippen molar-refractivity contribution >= 4 is 29.2 Å². The van der Waals surface area contributed by atoms with Gasteiger partial charge in [-0.05, 0) is 42.7 Å². The summed E-state index contributed by atoms with van der Waals surface area (Å²) in [6.07, 6.45) is 4.42. The molecule has 0 bridgehead atoms. The summed E-state index contributed by atoms with van der Waals surface area (Å²) in [5.41, 5.74) is 3.70. The molecule has 0 atom stereocenters. The molecule has 1 amide bonds. The lowest BCUT2D eigenvalue weighted by Gasteiger charge is -2.25. The van der Waals surface area contributed by atoms with Crippen LogP contribution in [0.4, 0.5) is 11.5 Å². The number of amides is 1. The first kappa shape index (κ1) is 24.8. The molecule has 0 aliphatic carbocycles. The van der Waals surface area contributed by atoms with Crippen LogP contribution in [0.1, 0.15) is 43.9 Å². The van der Waals surface area contributed by atoms with Crippen LogP contribution in [0.25, 0.3) is 11.1 Å². The van der Waals surface area contributed by atoms with Crippen LogP contribution < -0.4 is 10.2 Å². The van der Waals surface area contributed by atoms with Gasteiger partial charge in [-0.2, -0.15) is 10.5 Å². The first-order valence-electron chi connectivity index (χ1n) is 11.0. The second kappa shape index (κ2) is 11.8. The summed E-state index contributed by atoms with van der Waals surface area (Å²) in [6, 6.07) is 15.6. The zero-order valence-electron chi connectivity index (χ0n) is 19.5. The minimum atomic E-state index is -0.165. The second-order valence-electron chi connectivity index (χ2n) is 7.58. The van der Waals surface area contributed by atoms with Gasteiger partial charge < -0.3 is 10.2 Å². The number of rotatable bonds is 9. The average molecular weight is 471 g/mol. The third kappa shape index (κ3) is 5.72. The molecule has 0 aliphatic heterocycles. The van der Waals surface area contributed by atoms with E-state index in [0.29, 0.717) is 45.5 Å². The number of carbonyl (C=O) groups is 1. The fourth-order valence-corrected chi connectivity index (χ4v) is 4.54. The van der Waals surface area contributed by atoms with Crippen molar-refractivity contribution < 1.29 is 4.79 Å². The van der Waals surface area contributed by atoms with Crippen LogP contribution in [-0.4, -0.2) is 29.0 Å². The van der Waals surface area contributed by atoms with Gasteiger partial charge in [0.25, 0.3) is 0 Å². The van der Waals surface area contributed by atoms with Crippen LogP contribution in [0.5, 0.6) is 0 Å². The SMILES string of the molecule is CCCN(CC)c1nc(SCc2cccnc2)c(C#N)c(-c2ccc(NC(C)=O)cc2)c1C#N. The predicted octanol–water partition coefficient (Wildman–Crippen LogP) is 5.37. The van der Waals surface area contributed by atoms with Crippen LogP contribution in [0, 0.1) is 22.7 Å². The molecule has 172 valence electrons. The van der Waals surface area contributed by atoms with Gasteiger partial charge in [-0.25, -0.2) is 4.98 Å². The first-order valence-corrected chi connectivity index (χ1v) is 12.0. The second-order valence-corrected chi connectivity index (χ2v) is 8.54. The zero-order chi connectivity index (χ0) is 24.5. The Morgan fingerprint density at radius 3 is 2.41 bits per heavy atom. The molecule has 1 N–H and O–H groups in total. The van der Waals surface area contributed by atoms with Crippen LogP contribution in [0.15, 0.2) is 53.8 Å². The van der Waals surface area contributed by atoms with Crippen LogP contribution in [-0.2, 0) is 10.5 Å². The highest BCUT2D eigenvalue weighted by Crippen LogP contribution is 2.39. The van der Waals surface area contributed by atoms with Gasteiger partial charge in [-0.15, -0.1) is 11.8 Å². The minimum absolute atomic E-state index is 0.165. The van der Waals surface area contributed by atoms with E-state index < -0.39 is 0 Å². The lowest BCUT2D eigenvalue weighted by molar-refractivity contribution is -0.114. The molecular formula is C26H26N6OS. The molecular weight excluding hydrogens is 444 g/mol. The summed E-state index contributed by atoms with van der Waals surface area (Å²) in [6.45, 7) is 7.00. The number of nitrogens with one attached hydrogen (secondary N) is 1. The Morgan fingerprint density at radius 2 is 1.85 bits per heavy atom. The lowest BCUT2D eigenvalue weighted by atomic mass is 9.96. The van der Waals surface area contributed by atoms with Gasteiger partial charge in [-0.1, -0.05) is 25.1 Å². The number of carbonyl (C=O) groups excluding carboxylic acids is 1. The number of anilines is 2. The Bertz CT molecular complexity index is 1230. The monoisotopic (exact) mass is 470 g/mol. The molecule has 3 rings (SSSR count). The number of thioether (sulfide) groups is 1. The standard InChI is InChI=1S/C26H26N6OS/c1-4-13-32(5-2)25-22(14-27)24(20-8-10-21(11-9-20)30-18(3)33)23(15-28)26(31-25)34-17-19-7-6-12-29-16-19/h6-12,16H,4-5,13,17H2,1-3H3,(H,30,33). The third-order valence-corrected chi connectivity index (χ3v) is 6.18. The maximum absolute atomic E-state index is 11.4. The molecule has 0 saturated carbocycles. The molecule has 0 radical (unpaired) electrons. The van der Waals surface area contributed by atoms with Crippen molar-refractivity contribution in [3.63, 3.8) is 0 Å². The van der Waals surface area contributed by atoms with Gasteiger partial charge in [0.1, 0.15) is 28.5 Å². The molecule has 0 fully saturated rings. The summed E-state index contributed by atoms with van der Waals surface area (Å²) in [4.78, 5) is 22.5. The van der Waals surface area contributed by atoms with Crippen molar-refractivity contribution in [3.05, 3.63) is 65.5 Å². The van der Waals surface area contributed by atoms with Gasteiger partial charge in [0.2, 0.25) is 5.91 Å². The largest absolute Gasteiger partial charge is 0.356 e. The number of aromatic nitrogens is 2. The number of hydrogen-bond acceptors (Lipinski definition) is 7. The van der Waals surface area contributed by atoms with Gasteiger partial charge in [0, 0.05) is 49.4 Å². The van der Waals surface area contributed by atoms with Crippen molar-refractivity contribution in [2.24, 2.45) is 0 Å². The Kier molecular flexibility index (Phi) is 8.61. The molecule has 7 nitrogen and oxygen atoms in total. The number of pyridine rings is 2. The topological polar surface area (TPSA) is 106 Å². The highest BCUT2D eigenvalue weighted by atomic mass is 32.2. The van der Waals surface area contributed by atoms with Gasteiger partial charge in [0.05, 0.1) is 5.56 Å². The van der Waals surface area contributed by atoms with E-state index in [2.05, 4.69) is 34.3 Å². The molecule has 3 aromatic rings. The van der Waals surface area contributed by atoms with E-state index in [4.69, 9.17) is 4.98 Å². The molecule has 0 saturated heterocycles. The lowest BCUT2D eigenvalue weighted by Crippen LogP contribution is -2.26. The average Bonchev–Trinajstić information content (AvgIpc) is 2.85. The Balaban J connectivity index is 2.19. The van der Waals surface area contributed by atoms with Crippen molar-refractivity contribution in [1.82, 2.24) is 9.97 Å². The summed E-state index contributed by atoms with van der Waals surface area (Å²) >= 11 is 1.46.